The van der Waals surface area contributed by atoms with Crippen molar-refractivity contribution in [3.63, 3.8) is 0 Å². The molecule has 0 unspecified atom stereocenters. The maximum atomic E-state index is 12.0. The van der Waals surface area contributed by atoms with E-state index in [-0.39, 0.29) is 12.0 Å². The fourth-order valence-corrected chi connectivity index (χ4v) is 1.74. The lowest BCUT2D eigenvalue weighted by Crippen LogP contribution is -2.11. The SMILES string of the molecule is CC(C)OCc1ccc(C(=O)Nc2ccccc2)cc1. The zero-order valence-corrected chi connectivity index (χ0v) is 11.8. The summed E-state index contributed by atoms with van der Waals surface area (Å²) in [4.78, 5) is 12.0. The van der Waals surface area contributed by atoms with Crippen molar-refractivity contribution in [2.75, 3.05) is 5.32 Å². The Kier molecular flexibility index (Phi) is 4.91. The Balaban J connectivity index is 1.97. The van der Waals surface area contributed by atoms with Gasteiger partial charge in [0.1, 0.15) is 0 Å². The van der Waals surface area contributed by atoms with E-state index in [1.54, 1.807) is 0 Å². The summed E-state index contributed by atoms with van der Waals surface area (Å²) in [6.07, 6.45) is 0.205. The van der Waals surface area contributed by atoms with E-state index in [4.69, 9.17) is 4.74 Å². The van der Waals surface area contributed by atoms with Crippen molar-refractivity contribution >= 4 is 11.6 Å². The molecule has 0 saturated carbocycles. The largest absolute Gasteiger partial charge is 0.374 e. The van der Waals surface area contributed by atoms with E-state index in [0.717, 1.165) is 11.3 Å². The quantitative estimate of drug-likeness (QED) is 0.895. The summed E-state index contributed by atoms with van der Waals surface area (Å²) >= 11 is 0. The lowest BCUT2D eigenvalue weighted by molar-refractivity contribution is 0.0657. The van der Waals surface area contributed by atoms with Crippen molar-refractivity contribution in [3.8, 4) is 0 Å². The molecule has 0 aliphatic rings. The van der Waals surface area contributed by atoms with Crippen LogP contribution in [0, 0.1) is 0 Å². The van der Waals surface area contributed by atoms with E-state index in [1.807, 2.05) is 68.4 Å². The summed E-state index contributed by atoms with van der Waals surface area (Å²) in [6.45, 7) is 4.57. The number of para-hydroxylation sites is 1. The monoisotopic (exact) mass is 269 g/mol. The highest BCUT2D eigenvalue weighted by Crippen LogP contribution is 2.11. The third-order valence-electron chi connectivity index (χ3n) is 2.83. The second kappa shape index (κ2) is 6.87. The molecule has 2 aromatic carbocycles. The number of carbonyl (C=O) groups is 1. The molecule has 2 aromatic rings. The molecule has 2 rings (SSSR count). The van der Waals surface area contributed by atoms with E-state index < -0.39 is 0 Å². The van der Waals surface area contributed by atoms with Crippen molar-refractivity contribution in [1.82, 2.24) is 0 Å². The molecule has 0 radical (unpaired) electrons. The van der Waals surface area contributed by atoms with Crippen LogP contribution in [0.1, 0.15) is 29.8 Å². The van der Waals surface area contributed by atoms with Crippen LogP contribution in [0.2, 0.25) is 0 Å². The van der Waals surface area contributed by atoms with Crippen LogP contribution in [0.25, 0.3) is 0 Å². The Hall–Kier alpha value is -2.13. The molecular weight excluding hydrogens is 250 g/mol. The van der Waals surface area contributed by atoms with E-state index in [2.05, 4.69) is 5.32 Å². The molecule has 1 amide bonds. The van der Waals surface area contributed by atoms with Crippen LogP contribution < -0.4 is 5.32 Å². The lowest BCUT2D eigenvalue weighted by Gasteiger charge is -2.08. The number of benzene rings is 2. The van der Waals surface area contributed by atoms with E-state index in [0.29, 0.717) is 12.2 Å². The zero-order chi connectivity index (χ0) is 14.4. The molecule has 1 N–H and O–H groups in total. The molecule has 20 heavy (non-hydrogen) atoms. The molecule has 3 heteroatoms. The smallest absolute Gasteiger partial charge is 0.255 e. The average Bonchev–Trinajstić information content (AvgIpc) is 2.46. The minimum Gasteiger partial charge on any atom is -0.374 e. The lowest BCUT2D eigenvalue weighted by atomic mass is 10.1. The first kappa shape index (κ1) is 14.3. The van der Waals surface area contributed by atoms with Gasteiger partial charge in [0, 0.05) is 11.3 Å². The van der Waals surface area contributed by atoms with Crippen molar-refractivity contribution < 1.29 is 9.53 Å². The number of rotatable bonds is 5. The van der Waals surface area contributed by atoms with Crippen LogP contribution in [-0.4, -0.2) is 12.0 Å². The van der Waals surface area contributed by atoms with Crippen molar-refractivity contribution in [1.29, 1.82) is 0 Å². The van der Waals surface area contributed by atoms with Gasteiger partial charge in [0.15, 0.2) is 0 Å². The van der Waals surface area contributed by atoms with Gasteiger partial charge in [-0.05, 0) is 43.7 Å². The van der Waals surface area contributed by atoms with E-state index in [1.165, 1.54) is 0 Å². The molecule has 0 atom stereocenters. The van der Waals surface area contributed by atoms with Gasteiger partial charge in [0.05, 0.1) is 12.7 Å². The standard InChI is InChI=1S/C17H19NO2/c1-13(2)20-12-14-8-10-15(11-9-14)17(19)18-16-6-4-3-5-7-16/h3-11,13H,12H2,1-2H3,(H,18,19). The number of carbonyl (C=O) groups excluding carboxylic acids is 1. The summed E-state index contributed by atoms with van der Waals surface area (Å²) in [7, 11) is 0. The number of anilines is 1. The van der Waals surface area contributed by atoms with Crippen LogP contribution in [0.4, 0.5) is 5.69 Å². The maximum Gasteiger partial charge on any atom is 0.255 e. The van der Waals surface area contributed by atoms with Crippen LogP contribution in [0.15, 0.2) is 54.6 Å². The molecule has 0 heterocycles. The average molecular weight is 269 g/mol. The minimum atomic E-state index is -0.104. The van der Waals surface area contributed by atoms with Crippen molar-refractivity contribution in [2.45, 2.75) is 26.6 Å². The fourth-order valence-electron chi connectivity index (χ4n) is 1.74. The van der Waals surface area contributed by atoms with Gasteiger partial charge in [-0.3, -0.25) is 4.79 Å². The van der Waals surface area contributed by atoms with Gasteiger partial charge in [-0.2, -0.15) is 0 Å². The first-order chi connectivity index (χ1) is 9.65. The molecule has 0 aliphatic heterocycles. The van der Waals surface area contributed by atoms with Gasteiger partial charge >= 0.3 is 0 Å². The van der Waals surface area contributed by atoms with Gasteiger partial charge in [0.2, 0.25) is 0 Å². The van der Waals surface area contributed by atoms with E-state index in [9.17, 15) is 4.79 Å². The number of ether oxygens (including phenoxy) is 1. The minimum absolute atomic E-state index is 0.104. The summed E-state index contributed by atoms with van der Waals surface area (Å²) in [5.41, 5.74) is 2.50. The number of amides is 1. The summed E-state index contributed by atoms with van der Waals surface area (Å²) in [5, 5.41) is 2.86. The first-order valence-electron chi connectivity index (χ1n) is 6.72. The molecule has 0 aliphatic carbocycles. The molecule has 0 saturated heterocycles. The normalized spacial score (nSPS) is 10.6. The topological polar surface area (TPSA) is 38.3 Å². The Morgan fingerprint density at radius 3 is 2.30 bits per heavy atom. The van der Waals surface area contributed by atoms with Gasteiger partial charge < -0.3 is 10.1 Å². The van der Waals surface area contributed by atoms with Gasteiger partial charge in [-0.25, -0.2) is 0 Å². The molecule has 3 nitrogen and oxygen atoms in total. The predicted molar refractivity (Wildman–Crippen MR) is 80.8 cm³/mol. The Bertz CT molecular complexity index is 547. The molecule has 0 aromatic heterocycles. The fraction of sp³-hybridized carbons (Fsp3) is 0.235. The predicted octanol–water partition coefficient (Wildman–Crippen LogP) is 3.86. The second-order valence-electron chi connectivity index (χ2n) is 4.88. The molecular formula is C17H19NO2. The van der Waals surface area contributed by atoms with Crippen LogP contribution >= 0.6 is 0 Å². The molecule has 0 fully saturated rings. The van der Waals surface area contributed by atoms with Crippen LogP contribution in [-0.2, 0) is 11.3 Å². The molecule has 0 bridgehead atoms. The second-order valence-corrected chi connectivity index (χ2v) is 4.88. The van der Waals surface area contributed by atoms with E-state index >= 15 is 0 Å². The Morgan fingerprint density at radius 2 is 1.70 bits per heavy atom. The highest BCUT2D eigenvalue weighted by molar-refractivity contribution is 6.04. The van der Waals surface area contributed by atoms with Gasteiger partial charge in [0.25, 0.3) is 5.91 Å². The first-order valence-corrected chi connectivity index (χ1v) is 6.72. The summed E-state index contributed by atoms with van der Waals surface area (Å²) < 4.78 is 5.52. The molecule has 0 spiro atoms. The number of hydrogen-bond acceptors (Lipinski definition) is 2. The Labute approximate surface area is 119 Å². The highest BCUT2D eigenvalue weighted by atomic mass is 16.5. The highest BCUT2D eigenvalue weighted by Gasteiger charge is 2.05. The van der Waals surface area contributed by atoms with Crippen molar-refractivity contribution in [2.24, 2.45) is 0 Å². The van der Waals surface area contributed by atoms with Gasteiger partial charge in [-0.15, -0.1) is 0 Å². The number of hydrogen-bond donors (Lipinski definition) is 1. The maximum absolute atomic E-state index is 12.0. The molecule has 104 valence electrons. The van der Waals surface area contributed by atoms with Crippen LogP contribution in [0.5, 0.6) is 0 Å². The summed E-state index contributed by atoms with van der Waals surface area (Å²) in [5.74, 6) is -0.104. The number of nitrogens with one attached hydrogen (secondary N) is 1. The Morgan fingerprint density at radius 1 is 1.05 bits per heavy atom. The van der Waals surface area contributed by atoms with Gasteiger partial charge in [-0.1, -0.05) is 30.3 Å². The zero-order valence-electron chi connectivity index (χ0n) is 11.8. The van der Waals surface area contributed by atoms with Crippen molar-refractivity contribution in [3.05, 3.63) is 65.7 Å². The van der Waals surface area contributed by atoms with Crippen LogP contribution in [0.3, 0.4) is 0 Å². The third kappa shape index (κ3) is 4.21. The third-order valence-corrected chi connectivity index (χ3v) is 2.83. The summed E-state index contributed by atoms with van der Waals surface area (Å²) in [6, 6.07) is 16.9.